The lowest BCUT2D eigenvalue weighted by Gasteiger charge is -2.53. The van der Waals surface area contributed by atoms with Crippen LogP contribution in [0.1, 0.15) is 34.1 Å². The Morgan fingerprint density at radius 3 is 1.34 bits per heavy atom. The molecule has 0 aromatic heterocycles. The highest BCUT2D eigenvalue weighted by molar-refractivity contribution is 6.99. The number of hydrogen-bond donors (Lipinski definition) is 0. The van der Waals surface area contributed by atoms with E-state index in [0.29, 0.717) is 47.7 Å². The summed E-state index contributed by atoms with van der Waals surface area (Å²) >= 11 is 0. The van der Waals surface area contributed by atoms with Crippen molar-refractivity contribution in [2.75, 3.05) is 0 Å². The lowest BCUT2D eigenvalue weighted by Crippen LogP contribution is -2.50. The fourth-order valence-electron chi connectivity index (χ4n) is 8.85. The molecule has 0 radical (unpaired) electrons. The number of fused-ring (bicyclic) bond motifs is 6. The van der Waals surface area contributed by atoms with Gasteiger partial charge in [0.25, 0.3) is 0 Å². The molecule has 3 heterocycles. The Morgan fingerprint density at radius 2 is 0.969 bits per heavy atom. The molecule has 6 unspecified atom stereocenters. The van der Waals surface area contributed by atoms with E-state index in [0.717, 1.165) is 0 Å². The summed E-state index contributed by atoms with van der Waals surface area (Å²) < 4.78 is 13.8. The van der Waals surface area contributed by atoms with Crippen molar-refractivity contribution in [2.24, 2.45) is 23.7 Å². The molecule has 32 heavy (non-hydrogen) atoms. The maximum atomic E-state index is 7.01. The predicted octanol–water partition coefficient (Wildman–Crippen LogP) is 5.91. The van der Waals surface area contributed by atoms with Gasteiger partial charge in [-0.3, -0.25) is 0 Å². The monoisotopic (exact) mass is 454 g/mol. The zero-order valence-electron chi connectivity index (χ0n) is 19.2. The molecule has 2 aromatic rings. The minimum Gasteiger partial charge on any atom is -0.449 e. The molecular weight excluding hydrogens is 424 g/mol. The Kier molecular flexibility index (Phi) is 3.31. The van der Waals surface area contributed by atoms with E-state index in [9.17, 15) is 0 Å². The second-order valence-corrected chi connectivity index (χ2v) is 19.8. The maximum Gasteiger partial charge on any atom is 0.205 e. The molecule has 162 valence electrons. The van der Waals surface area contributed by atoms with E-state index in [4.69, 9.17) is 8.85 Å². The van der Waals surface area contributed by atoms with E-state index in [1.54, 1.807) is 32.6 Å². The highest BCUT2D eigenvalue weighted by atomic mass is 28.4. The van der Waals surface area contributed by atoms with Crippen molar-refractivity contribution < 1.29 is 8.85 Å². The van der Waals surface area contributed by atoms with Crippen LogP contribution >= 0.6 is 0 Å². The van der Waals surface area contributed by atoms with Gasteiger partial charge in [-0.15, -0.1) is 0 Å². The van der Waals surface area contributed by atoms with E-state index < -0.39 is 16.6 Å². The fourth-order valence-corrected chi connectivity index (χ4v) is 19.3. The van der Waals surface area contributed by atoms with Crippen molar-refractivity contribution in [3.8, 4) is 0 Å². The quantitative estimate of drug-likeness (QED) is 0.461. The maximum absolute atomic E-state index is 7.01. The molecule has 4 aliphatic carbocycles. The van der Waals surface area contributed by atoms with Crippen molar-refractivity contribution >= 4 is 16.6 Å². The number of allylic oxidation sites excluding steroid dienone is 2. The molecule has 6 atom stereocenters. The first-order valence-corrected chi connectivity index (χ1v) is 18.2. The molecular formula is C28H30O2Si2. The number of rotatable bonds is 0. The first-order valence-electron chi connectivity index (χ1n) is 12.3. The topological polar surface area (TPSA) is 18.5 Å². The van der Waals surface area contributed by atoms with Gasteiger partial charge in [-0.2, -0.15) is 0 Å². The normalized spacial score (nSPS) is 42.4. The van der Waals surface area contributed by atoms with Gasteiger partial charge in [0.1, 0.15) is 0 Å². The van der Waals surface area contributed by atoms with Gasteiger partial charge in [0, 0.05) is 35.5 Å². The highest BCUT2D eigenvalue weighted by Gasteiger charge is 2.68. The summed E-state index contributed by atoms with van der Waals surface area (Å²) in [5.74, 6) is 3.20. The largest absolute Gasteiger partial charge is 0.449 e. The van der Waals surface area contributed by atoms with Crippen LogP contribution in [0.15, 0.2) is 71.1 Å². The van der Waals surface area contributed by atoms with Crippen molar-refractivity contribution in [3.63, 3.8) is 0 Å². The molecule has 0 N–H and O–H groups in total. The molecule has 3 aliphatic heterocycles. The zero-order valence-corrected chi connectivity index (χ0v) is 21.2. The Labute approximate surface area is 192 Å². The molecule has 4 heteroatoms. The van der Waals surface area contributed by atoms with Gasteiger partial charge in [-0.1, -0.05) is 60.7 Å². The molecule has 7 aliphatic rings. The van der Waals surface area contributed by atoms with Gasteiger partial charge in [0.15, 0.2) is 0 Å². The summed E-state index contributed by atoms with van der Waals surface area (Å²) in [7, 11) is -3.60. The average molecular weight is 455 g/mol. The van der Waals surface area contributed by atoms with Gasteiger partial charge in [0.2, 0.25) is 16.6 Å². The van der Waals surface area contributed by atoms with Crippen LogP contribution in [0.25, 0.3) is 0 Å². The van der Waals surface area contributed by atoms with E-state index in [1.807, 2.05) is 0 Å². The molecule has 0 saturated carbocycles. The molecule has 2 aromatic carbocycles. The van der Waals surface area contributed by atoms with E-state index in [1.165, 1.54) is 0 Å². The first-order chi connectivity index (χ1) is 15.4. The average Bonchev–Trinajstić information content (AvgIpc) is 3.40. The van der Waals surface area contributed by atoms with Crippen LogP contribution in [0.2, 0.25) is 26.2 Å². The molecule has 3 saturated heterocycles. The Morgan fingerprint density at radius 1 is 0.594 bits per heavy atom. The summed E-state index contributed by atoms with van der Waals surface area (Å²) in [6.07, 6.45) is 6.00. The molecule has 0 amide bonds. The molecule has 2 nitrogen and oxygen atoms in total. The standard InChI is InChI=1S/C28H30O2Si2/c1-31(2)21-13-19-20(14-22(21)32(3,4)30-31)28-26-24-17-11-7-5-9-15(17)23(25(26)27(19)29-28)16-10-6-8-12-18(16)24/h5-14,19-20,23-28H,1-4H3. The van der Waals surface area contributed by atoms with Crippen LogP contribution in [-0.2, 0) is 8.85 Å². The molecule has 0 spiro atoms. The minimum atomic E-state index is -1.80. The Bertz CT molecular complexity index is 1120. The van der Waals surface area contributed by atoms with Crippen LogP contribution < -0.4 is 0 Å². The van der Waals surface area contributed by atoms with Crippen LogP contribution in [0.3, 0.4) is 0 Å². The summed E-state index contributed by atoms with van der Waals surface area (Å²) in [6, 6.07) is 18.5. The van der Waals surface area contributed by atoms with Crippen molar-refractivity contribution in [1.29, 1.82) is 0 Å². The number of hydrogen-bond acceptors (Lipinski definition) is 2. The number of ether oxygens (including phenoxy) is 1. The third kappa shape index (κ3) is 2.01. The SMILES string of the molecule is C[Si]1(C)O[Si](C)(C)C2=CC3C(C=C21)C1OC3C2C3c4ccccc4C(c4ccccc43)C12. The van der Waals surface area contributed by atoms with Gasteiger partial charge in [-0.05, 0) is 58.8 Å². The zero-order chi connectivity index (χ0) is 21.6. The molecule has 9 rings (SSSR count). The first kappa shape index (κ1) is 18.7. The van der Waals surface area contributed by atoms with E-state index >= 15 is 0 Å². The molecule has 3 fully saturated rings. The van der Waals surface area contributed by atoms with Gasteiger partial charge in [-0.25, -0.2) is 0 Å². The van der Waals surface area contributed by atoms with Crippen LogP contribution in [0.4, 0.5) is 0 Å². The van der Waals surface area contributed by atoms with Crippen molar-refractivity contribution in [3.05, 3.63) is 93.3 Å². The minimum absolute atomic E-state index is 0.338. The predicted molar refractivity (Wildman–Crippen MR) is 131 cm³/mol. The second-order valence-electron chi connectivity index (χ2n) is 11.9. The van der Waals surface area contributed by atoms with Crippen LogP contribution in [0.5, 0.6) is 0 Å². The van der Waals surface area contributed by atoms with Gasteiger partial charge in [0.05, 0.1) is 12.2 Å². The van der Waals surface area contributed by atoms with Gasteiger partial charge < -0.3 is 8.85 Å². The van der Waals surface area contributed by atoms with Crippen LogP contribution in [-0.4, -0.2) is 28.8 Å². The number of benzene rings is 2. The smallest absolute Gasteiger partial charge is 0.205 e. The Balaban J connectivity index is 1.32. The summed E-state index contributed by atoms with van der Waals surface area (Å²) in [4.78, 5) is 0. The summed E-state index contributed by atoms with van der Waals surface area (Å²) in [5, 5.41) is 3.20. The molecule has 4 bridgehead atoms. The second kappa shape index (κ2) is 5.66. The fraction of sp³-hybridized carbons (Fsp3) is 0.429. The van der Waals surface area contributed by atoms with Crippen molar-refractivity contribution in [2.45, 2.75) is 50.2 Å². The summed E-state index contributed by atoms with van der Waals surface area (Å²) in [6.45, 7) is 9.61. The highest BCUT2D eigenvalue weighted by Crippen LogP contribution is 2.69. The van der Waals surface area contributed by atoms with E-state index in [2.05, 4.69) is 86.9 Å². The lowest BCUT2D eigenvalue weighted by molar-refractivity contribution is 0.0755. The van der Waals surface area contributed by atoms with Crippen molar-refractivity contribution in [1.82, 2.24) is 0 Å². The summed E-state index contributed by atoms with van der Waals surface area (Å²) in [5.41, 5.74) is 6.27. The van der Waals surface area contributed by atoms with E-state index in [-0.39, 0.29) is 0 Å². The Hall–Kier alpha value is -1.73. The lowest BCUT2D eigenvalue weighted by atomic mass is 9.48. The van der Waals surface area contributed by atoms with Crippen LogP contribution in [0, 0.1) is 23.7 Å². The van der Waals surface area contributed by atoms with Gasteiger partial charge >= 0.3 is 0 Å². The third-order valence-electron chi connectivity index (χ3n) is 9.64. The third-order valence-corrected chi connectivity index (χ3v) is 17.4.